The van der Waals surface area contributed by atoms with E-state index in [1.165, 1.54) is 0 Å². The van der Waals surface area contributed by atoms with Crippen LogP contribution in [-0.2, 0) is 25.6 Å². The summed E-state index contributed by atoms with van der Waals surface area (Å²) in [5, 5.41) is 0. The molecule has 0 radical (unpaired) electrons. The molecule has 0 amide bonds. The molecule has 3 unspecified atom stereocenters. The number of rotatable bonds is 6. The van der Waals surface area contributed by atoms with E-state index < -0.39 is 0 Å². The first kappa shape index (κ1) is 14.5. The Morgan fingerprint density at radius 3 is 2.71 bits per heavy atom. The zero-order valence-corrected chi connectivity index (χ0v) is 12.2. The predicted octanol–water partition coefficient (Wildman–Crippen LogP) is 2.70. The van der Waals surface area contributed by atoms with Crippen LogP contribution in [-0.4, -0.2) is 31.4 Å². The highest BCUT2D eigenvalue weighted by atomic mass is 16.6. The number of benzene rings is 1. The second-order valence-electron chi connectivity index (χ2n) is 5.81. The van der Waals surface area contributed by atoms with Crippen LogP contribution in [0.5, 0.6) is 0 Å². The fourth-order valence-corrected chi connectivity index (χ4v) is 2.80. The second kappa shape index (κ2) is 7.05. The maximum atomic E-state index is 12.3. The van der Waals surface area contributed by atoms with E-state index in [0.717, 1.165) is 37.9 Å². The maximum Gasteiger partial charge on any atom is 0.311 e. The lowest BCUT2D eigenvalue weighted by atomic mass is 9.86. The first-order chi connectivity index (χ1) is 10.3. The van der Waals surface area contributed by atoms with Crippen LogP contribution in [0.1, 0.15) is 31.2 Å². The van der Waals surface area contributed by atoms with Crippen LogP contribution in [0.3, 0.4) is 0 Å². The summed E-state index contributed by atoms with van der Waals surface area (Å²) < 4.78 is 16.5. The fourth-order valence-electron chi connectivity index (χ4n) is 2.80. The first-order valence-electron chi connectivity index (χ1n) is 7.76. The summed E-state index contributed by atoms with van der Waals surface area (Å²) in [7, 11) is 0. The number of carbonyl (C=O) groups is 1. The van der Waals surface area contributed by atoms with Crippen molar-refractivity contribution in [3.05, 3.63) is 35.9 Å². The smallest absolute Gasteiger partial charge is 0.311 e. The number of hydrogen-bond acceptors (Lipinski definition) is 4. The molecule has 1 aliphatic carbocycles. The van der Waals surface area contributed by atoms with E-state index in [2.05, 4.69) is 0 Å². The molecule has 114 valence electrons. The molecular weight excluding hydrogens is 268 g/mol. The third-order valence-electron chi connectivity index (χ3n) is 4.13. The first-order valence-corrected chi connectivity index (χ1v) is 7.76. The molecule has 2 fully saturated rings. The minimum absolute atomic E-state index is 0.00813. The standard InChI is InChI=1S/C17H22O4/c18-17(21-10-13-6-2-1-3-7-13)15-8-4-5-9-16(15)20-12-14-11-19-14/h1-3,6-7,14-16H,4-5,8-12H2. The molecule has 1 saturated heterocycles. The van der Waals surface area contributed by atoms with Crippen LogP contribution in [0.4, 0.5) is 0 Å². The molecule has 1 saturated carbocycles. The summed E-state index contributed by atoms with van der Waals surface area (Å²) in [5.41, 5.74) is 1.02. The Balaban J connectivity index is 1.50. The summed E-state index contributed by atoms with van der Waals surface area (Å²) in [6, 6.07) is 9.78. The Morgan fingerprint density at radius 2 is 1.95 bits per heavy atom. The van der Waals surface area contributed by atoms with Gasteiger partial charge in [0.05, 0.1) is 25.2 Å². The van der Waals surface area contributed by atoms with Crippen molar-refractivity contribution in [1.29, 1.82) is 0 Å². The molecule has 4 nitrogen and oxygen atoms in total. The minimum Gasteiger partial charge on any atom is -0.461 e. The Kier molecular flexibility index (Phi) is 4.88. The van der Waals surface area contributed by atoms with Crippen LogP contribution in [0.25, 0.3) is 0 Å². The van der Waals surface area contributed by atoms with E-state index in [0.29, 0.717) is 13.2 Å². The molecule has 4 heteroatoms. The fraction of sp³-hybridized carbons (Fsp3) is 0.588. The molecule has 0 bridgehead atoms. The van der Waals surface area contributed by atoms with Gasteiger partial charge in [0.25, 0.3) is 0 Å². The molecule has 1 aromatic carbocycles. The van der Waals surface area contributed by atoms with E-state index in [1.807, 2.05) is 30.3 Å². The van der Waals surface area contributed by atoms with Gasteiger partial charge in [0.15, 0.2) is 0 Å². The van der Waals surface area contributed by atoms with Gasteiger partial charge in [0.1, 0.15) is 12.7 Å². The molecule has 0 aromatic heterocycles. The summed E-state index contributed by atoms with van der Waals surface area (Å²) in [6.07, 6.45) is 4.24. The molecule has 1 heterocycles. The molecule has 0 N–H and O–H groups in total. The van der Waals surface area contributed by atoms with Gasteiger partial charge in [-0.1, -0.05) is 43.2 Å². The van der Waals surface area contributed by atoms with Crippen LogP contribution in [0, 0.1) is 5.92 Å². The van der Waals surface area contributed by atoms with E-state index in [-0.39, 0.29) is 24.1 Å². The lowest BCUT2D eigenvalue weighted by Gasteiger charge is -2.29. The SMILES string of the molecule is O=C(OCc1ccccc1)C1CCCCC1OCC1CO1. The van der Waals surface area contributed by atoms with E-state index >= 15 is 0 Å². The molecule has 0 spiro atoms. The van der Waals surface area contributed by atoms with Crippen molar-refractivity contribution in [1.82, 2.24) is 0 Å². The number of hydrogen-bond donors (Lipinski definition) is 0. The Morgan fingerprint density at radius 1 is 1.19 bits per heavy atom. The van der Waals surface area contributed by atoms with Crippen LogP contribution in [0.15, 0.2) is 30.3 Å². The molecule has 3 rings (SSSR count). The third-order valence-corrected chi connectivity index (χ3v) is 4.13. The Labute approximate surface area is 125 Å². The molecule has 1 aromatic rings. The zero-order chi connectivity index (χ0) is 14.5. The number of ether oxygens (including phenoxy) is 3. The largest absolute Gasteiger partial charge is 0.461 e. The van der Waals surface area contributed by atoms with Crippen LogP contribution in [0.2, 0.25) is 0 Å². The van der Waals surface area contributed by atoms with Crippen molar-refractivity contribution in [3.8, 4) is 0 Å². The summed E-state index contributed by atoms with van der Waals surface area (Å²) in [6.45, 7) is 1.73. The molecule has 3 atom stereocenters. The van der Waals surface area contributed by atoms with Gasteiger partial charge in [-0.2, -0.15) is 0 Å². The normalized spacial score (nSPS) is 28.1. The van der Waals surface area contributed by atoms with Crippen molar-refractivity contribution in [2.24, 2.45) is 5.92 Å². The van der Waals surface area contributed by atoms with Gasteiger partial charge in [0.2, 0.25) is 0 Å². The van der Waals surface area contributed by atoms with E-state index in [4.69, 9.17) is 14.2 Å². The van der Waals surface area contributed by atoms with E-state index in [1.54, 1.807) is 0 Å². The van der Waals surface area contributed by atoms with Crippen LogP contribution >= 0.6 is 0 Å². The van der Waals surface area contributed by atoms with Gasteiger partial charge in [-0.3, -0.25) is 4.79 Å². The topological polar surface area (TPSA) is 48.1 Å². The van der Waals surface area contributed by atoms with E-state index in [9.17, 15) is 4.79 Å². The summed E-state index contributed by atoms with van der Waals surface area (Å²) in [5.74, 6) is -0.249. The van der Waals surface area contributed by atoms with Gasteiger partial charge in [-0.15, -0.1) is 0 Å². The monoisotopic (exact) mass is 290 g/mol. The van der Waals surface area contributed by atoms with Crippen molar-refractivity contribution in [3.63, 3.8) is 0 Å². The van der Waals surface area contributed by atoms with Gasteiger partial charge >= 0.3 is 5.97 Å². The lowest BCUT2D eigenvalue weighted by molar-refractivity contribution is -0.158. The Bertz CT molecular complexity index is 455. The highest BCUT2D eigenvalue weighted by Gasteiger charge is 2.34. The molecule has 1 aliphatic heterocycles. The van der Waals surface area contributed by atoms with Crippen molar-refractivity contribution < 1.29 is 19.0 Å². The van der Waals surface area contributed by atoms with Gasteiger partial charge in [0, 0.05) is 0 Å². The lowest BCUT2D eigenvalue weighted by Crippen LogP contribution is -2.35. The summed E-state index contributed by atoms with van der Waals surface area (Å²) in [4.78, 5) is 12.3. The van der Waals surface area contributed by atoms with Gasteiger partial charge in [-0.05, 0) is 18.4 Å². The number of carbonyl (C=O) groups excluding carboxylic acids is 1. The quantitative estimate of drug-likeness (QED) is 0.597. The second-order valence-corrected chi connectivity index (χ2v) is 5.81. The van der Waals surface area contributed by atoms with Gasteiger partial charge in [-0.25, -0.2) is 0 Å². The number of esters is 1. The van der Waals surface area contributed by atoms with Crippen LogP contribution < -0.4 is 0 Å². The molecule has 2 aliphatic rings. The Hall–Kier alpha value is -1.39. The average Bonchev–Trinajstić information content (AvgIpc) is 3.36. The maximum absolute atomic E-state index is 12.3. The highest BCUT2D eigenvalue weighted by Crippen LogP contribution is 2.29. The van der Waals surface area contributed by atoms with Crippen molar-refractivity contribution in [2.45, 2.75) is 44.5 Å². The average molecular weight is 290 g/mol. The highest BCUT2D eigenvalue weighted by molar-refractivity contribution is 5.73. The summed E-state index contributed by atoms with van der Waals surface area (Å²) >= 11 is 0. The molecule has 21 heavy (non-hydrogen) atoms. The third kappa shape index (κ3) is 4.29. The minimum atomic E-state index is -0.125. The van der Waals surface area contributed by atoms with Crippen molar-refractivity contribution >= 4 is 5.97 Å². The zero-order valence-electron chi connectivity index (χ0n) is 12.2. The van der Waals surface area contributed by atoms with Crippen molar-refractivity contribution in [2.75, 3.05) is 13.2 Å². The van der Waals surface area contributed by atoms with Gasteiger partial charge < -0.3 is 14.2 Å². The number of epoxide rings is 1. The molecular formula is C17H22O4. The predicted molar refractivity (Wildman–Crippen MR) is 77.7 cm³/mol.